The molecule has 0 radical (unpaired) electrons. The zero-order valence-electron chi connectivity index (χ0n) is 17.9. The molecule has 0 aliphatic carbocycles. The van der Waals surface area contributed by atoms with Crippen molar-refractivity contribution in [3.05, 3.63) is 84.2 Å². The van der Waals surface area contributed by atoms with Crippen LogP contribution in [0.1, 0.15) is 18.1 Å². The molecule has 1 aliphatic heterocycles. The highest BCUT2D eigenvalue weighted by Gasteiger charge is 2.41. The minimum Gasteiger partial charge on any atom is -0.382 e. The normalized spacial score (nSPS) is 21.7. The number of hydrogen-bond acceptors (Lipinski definition) is 7. The maximum absolute atomic E-state index is 14.7. The quantitative estimate of drug-likeness (QED) is 0.536. The first-order valence-electron chi connectivity index (χ1n) is 10.4. The van der Waals surface area contributed by atoms with E-state index in [2.05, 4.69) is 15.1 Å². The van der Waals surface area contributed by atoms with Crippen LogP contribution in [0.2, 0.25) is 0 Å². The van der Waals surface area contributed by atoms with Crippen LogP contribution in [-0.2, 0) is 21.6 Å². The van der Waals surface area contributed by atoms with E-state index in [0.29, 0.717) is 13.2 Å². The van der Waals surface area contributed by atoms with E-state index in [0.717, 1.165) is 17.7 Å². The Bertz CT molecular complexity index is 1060. The van der Waals surface area contributed by atoms with Gasteiger partial charge in [-0.1, -0.05) is 25.1 Å². The Kier molecular flexibility index (Phi) is 7.49. The molecule has 0 spiro atoms. The molecular weight excluding hydrogens is 450 g/mol. The van der Waals surface area contributed by atoms with Gasteiger partial charge in [-0.15, -0.1) is 11.8 Å². The fourth-order valence-corrected chi connectivity index (χ4v) is 4.91. The van der Waals surface area contributed by atoms with Crippen LogP contribution in [0.3, 0.4) is 0 Å². The predicted octanol–water partition coefficient (Wildman–Crippen LogP) is 3.42. The smallest absolute Gasteiger partial charge is 0.177 e. The lowest BCUT2D eigenvalue weighted by Gasteiger charge is -2.37. The first-order valence-corrected chi connectivity index (χ1v) is 11.4. The molecule has 33 heavy (non-hydrogen) atoms. The highest BCUT2D eigenvalue weighted by atomic mass is 32.2. The second-order valence-electron chi connectivity index (χ2n) is 7.72. The van der Waals surface area contributed by atoms with Crippen molar-refractivity contribution in [2.24, 2.45) is 0 Å². The third kappa shape index (κ3) is 5.83. The minimum atomic E-state index is -1.67. The molecule has 7 nitrogen and oxygen atoms in total. The Morgan fingerprint density at radius 2 is 2.09 bits per heavy atom. The first kappa shape index (κ1) is 23.5. The summed E-state index contributed by atoms with van der Waals surface area (Å²) >= 11 is 1.42. The van der Waals surface area contributed by atoms with E-state index in [-0.39, 0.29) is 17.4 Å². The third-order valence-corrected chi connectivity index (χ3v) is 6.81. The van der Waals surface area contributed by atoms with Crippen molar-refractivity contribution in [1.82, 2.24) is 19.7 Å². The molecule has 1 saturated heterocycles. The molecule has 3 heterocycles. The second kappa shape index (κ2) is 10.5. The van der Waals surface area contributed by atoms with Gasteiger partial charge < -0.3 is 14.6 Å². The molecular formula is C23H24F2N4O3S. The van der Waals surface area contributed by atoms with Gasteiger partial charge in [0.1, 0.15) is 29.9 Å². The average molecular weight is 475 g/mol. The lowest BCUT2D eigenvalue weighted by Crippen LogP contribution is -2.43. The molecule has 0 amide bonds. The Morgan fingerprint density at radius 3 is 2.76 bits per heavy atom. The van der Waals surface area contributed by atoms with E-state index in [9.17, 15) is 13.9 Å². The number of pyridine rings is 1. The summed E-state index contributed by atoms with van der Waals surface area (Å²) in [5.74, 6) is -1.53. The monoisotopic (exact) mass is 474 g/mol. The average Bonchev–Trinajstić information content (AvgIpc) is 3.32. The molecule has 1 N–H and O–H groups in total. The summed E-state index contributed by atoms with van der Waals surface area (Å²) in [5.41, 5.74) is -0.739. The van der Waals surface area contributed by atoms with Gasteiger partial charge in [0.05, 0.1) is 25.0 Å². The van der Waals surface area contributed by atoms with Crippen LogP contribution < -0.4 is 0 Å². The summed E-state index contributed by atoms with van der Waals surface area (Å²) in [4.78, 5) is 7.95. The van der Waals surface area contributed by atoms with Crippen molar-refractivity contribution < 1.29 is 23.4 Å². The summed E-state index contributed by atoms with van der Waals surface area (Å²) in [6.45, 7) is 2.53. The van der Waals surface area contributed by atoms with Crippen molar-refractivity contribution in [2.45, 2.75) is 35.9 Å². The summed E-state index contributed by atoms with van der Waals surface area (Å²) in [7, 11) is 0. The minimum absolute atomic E-state index is 0.00525. The molecule has 1 aliphatic rings. The number of rotatable bonds is 8. The Labute approximate surface area is 194 Å². The van der Waals surface area contributed by atoms with E-state index < -0.39 is 28.8 Å². The van der Waals surface area contributed by atoms with Gasteiger partial charge in [0.15, 0.2) is 6.29 Å². The zero-order valence-corrected chi connectivity index (χ0v) is 18.7. The molecule has 2 aromatic heterocycles. The van der Waals surface area contributed by atoms with Gasteiger partial charge in [-0.05, 0) is 23.8 Å². The van der Waals surface area contributed by atoms with E-state index >= 15 is 0 Å². The number of thioether (sulfide) groups is 1. The Hall–Kier alpha value is -2.66. The molecule has 0 saturated carbocycles. The molecule has 174 valence electrons. The molecule has 1 aromatic carbocycles. The molecule has 0 unspecified atom stereocenters. The standard InChI is InChI=1S/C23H24F2N4O3S/c1-16(33-19-11-31-22(32-12-19)7-4-17-3-2-8-26-10-17)23(30,13-29-15-27-14-28-29)20-6-5-18(24)9-21(20)25/h2-10,14-16,19,22,30H,11-13H2,1H3/t16-,19-,22-,23-/m1/s1. The largest absolute Gasteiger partial charge is 0.382 e. The number of halogens is 2. The van der Waals surface area contributed by atoms with Gasteiger partial charge in [-0.25, -0.2) is 18.4 Å². The maximum Gasteiger partial charge on any atom is 0.177 e. The van der Waals surface area contributed by atoms with Crippen LogP contribution in [0.15, 0.2) is 61.5 Å². The summed E-state index contributed by atoms with van der Waals surface area (Å²) < 4.78 is 41.2. The number of ether oxygens (including phenoxy) is 2. The topological polar surface area (TPSA) is 82.3 Å². The number of aliphatic hydroxyl groups is 1. The van der Waals surface area contributed by atoms with Gasteiger partial charge >= 0.3 is 0 Å². The molecule has 3 aromatic rings. The molecule has 10 heteroatoms. The van der Waals surface area contributed by atoms with Crippen LogP contribution in [0, 0.1) is 11.6 Å². The van der Waals surface area contributed by atoms with Crippen molar-refractivity contribution in [3.8, 4) is 0 Å². The van der Waals surface area contributed by atoms with Gasteiger partial charge in [0, 0.05) is 29.3 Å². The highest BCUT2D eigenvalue weighted by Crippen LogP contribution is 2.38. The van der Waals surface area contributed by atoms with Gasteiger partial charge in [-0.2, -0.15) is 5.10 Å². The Morgan fingerprint density at radius 1 is 1.27 bits per heavy atom. The van der Waals surface area contributed by atoms with Crippen molar-refractivity contribution in [3.63, 3.8) is 0 Å². The predicted molar refractivity (Wildman–Crippen MR) is 120 cm³/mol. The number of benzene rings is 1. The number of hydrogen-bond donors (Lipinski definition) is 1. The highest BCUT2D eigenvalue weighted by molar-refractivity contribution is 8.00. The first-order chi connectivity index (χ1) is 15.9. The summed E-state index contributed by atoms with van der Waals surface area (Å²) in [6.07, 6.45) is 9.43. The van der Waals surface area contributed by atoms with Crippen LogP contribution >= 0.6 is 11.8 Å². The van der Waals surface area contributed by atoms with Crippen molar-refractivity contribution in [1.29, 1.82) is 0 Å². The van der Waals surface area contributed by atoms with E-state index in [1.165, 1.54) is 35.2 Å². The van der Waals surface area contributed by atoms with E-state index in [4.69, 9.17) is 9.47 Å². The number of nitrogens with zero attached hydrogens (tertiary/aromatic N) is 4. The van der Waals surface area contributed by atoms with Crippen LogP contribution in [0.5, 0.6) is 0 Å². The van der Waals surface area contributed by atoms with Crippen LogP contribution in [0.4, 0.5) is 8.78 Å². The summed E-state index contributed by atoms with van der Waals surface area (Å²) in [6, 6.07) is 6.95. The van der Waals surface area contributed by atoms with E-state index in [1.807, 2.05) is 24.3 Å². The SMILES string of the molecule is C[C@@H](S[C@H]1CO[C@H](C=Cc2cccnc2)OC1)[C@](O)(Cn1cncn1)c1ccc(F)cc1F. The van der Waals surface area contributed by atoms with Gasteiger partial charge in [-0.3, -0.25) is 4.98 Å². The van der Waals surface area contributed by atoms with Gasteiger partial charge in [0.25, 0.3) is 0 Å². The van der Waals surface area contributed by atoms with Crippen molar-refractivity contribution in [2.75, 3.05) is 13.2 Å². The van der Waals surface area contributed by atoms with Crippen molar-refractivity contribution >= 4 is 17.8 Å². The fourth-order valence-electron chi connectivity index (χ4n) is 3.59. The third-order valence-electron chi connectivity index (χ3n) is 5.36. The van der Waals surface area contributed by atoms with Crippen LogP contribution in [0.25, 0.3) is 6.08 Å². The maximum atomic E-state index is 14.7. The molecule has 2 atom stereocenters. The second-order valence-corrected chi connectivity index (χ2v) is 9.37. The molecule has 0 bridgehead atoms. The van der Waals surface area contributed by atoms with Gasteiger partial charge in [0.2, 0.25) is 0 Å². The lowest BCUT2D eigenvalue weighted by atomic mass is 9.90. The fraction of sp³-hybridized carbons (Fsp3) is 0.348. The molecule has 4 rings (SSSR count). The zero-order chi connectivity index (χ0) is 23.3. The molecule has 1 fully saturated rings. The Balaban J connectivity index is 1.43. The lowest BCUT2D eigenvalue weighted by molar-refractivity contribution is -0.146. The van der Waals surface area contributed by atoms with Crippen LogP contribution in [-0.4, -0.2) is 54.9 Å². The number of aromatic nitrogens is 4. The van der Waals surface area contributed by atoms with E-state index in [1.54, 1.807) is 19.3 Å². The summed E-state index contributed by atoms with van der Waals surface area (Å²) in [5, 5.41) is 15.1.